The molecule has 0 saturated carbocycles. The molecule has 2 aromatic heterocycles. The van der Waals surface area contributed by atoms with Gasteiger partial charge in [-0.2, -0.15) is 10.4 Å². The van der Waals surface area contributed by atoms with Gasteiger partial charge < -0.3 is 9.64 Å². The van der Waals surface area contributed by atoms with Crippen molar-refractivity contribution >= 4 is 17.2 Å². The zero-order valence-corrected chi connectivity index (χ0v) is 14.1. The van der Waals surface area contributed by atoms with Crippen molar-refractivity contribution in [1.82, 2.24) is 15.2 Å². The summed E-state index contributed by atoms with van der Waals surface area (Å²) >= 11 is 1.59. The van der Waals surface area contributed by atoms with Crippen molar-refractivity contribution in [3.63, 3.8) is 0 Å². The van der Waals surface area contributed by atoms with Crippen molar-refractivity contribution in [2.75, 3.05) is 24.6 Å². The fraction of sp³-hybridized carbons (Fsp3) is 0.500. The number of aryl methyl sites for hydroxylation is 1. The summed E-state index contributed by atoms with van der Waals surface area (Å²) < 4.78 is 5.82. The molecule has 120 valence electrons. The van der Waals surface area contributed by atoms with E-state index in [0.717, 1.165) is 29.1 Å². The summed E-state index contributed by atoms with van der Waals surface area (Å²) in [5, 5.41) is 21.2. The van der Waals surface area contributed by atoms with Gasteiger partial charge in [-0.15, -0.1) is 16.4 Å². The van der Waals surface area contributed by atoms with Gasteiger partial charge in [0.15, 0.2) is 5.82 Å². The fourth-order valence-corrected chi connectivity index (χ4v) is 3.56. The Bertz CT molecular complexity index is 710. The number of aromatic nitrogens is 3. The molecular weight excluding hydrogens is 310 g/mol. The van der Waals surface area contributed by atoms with Gasteiger partial charge in [0.1, 0.15) is 22.7 Å². The van der Waals surface area contributed by atoms with Gasteiger partial charge in [0.25, 0.3) is 0 Å². The summed E-state index contributed by atoms with van der Waals surface area (Å²) in [5.74, 6) is 0.673. The Balaban J connectivity index is 1.93. The van der Waals surface area contributed by atoms with Gasteiger partial charge in [0.2, 0.25) is 0 Å². The van der Waals surface area contributed by atoms with Gasteiger partial charge in [0, 0.05) is 18.1 Å². The van der Waals surface area contributed by atoms with Crippen molar-refractivity contribution < 1.29 is 4.74 Å². The molecule has 0 spiro atoms. The summed E-state index contributed by atoms with van der Waals surface area (Å²) in [4.78, 5) is 6.43. The molecule has 0 radical (unpaired) electrons. The molecule has 1 atom stereocenters. The van der Waals surface area contributed by atoms with Crippen molar-refractivity contribution in [2.45, 2.75) is 32.8 Å². The van der Waals surface area contributed by atoms with E-state index in [0.29, 0.717) is 31.1 Å². The molecule has 0 bridgehead atoms. The first-order valence-corrected chi connectivity index (χ1v) is 8.70. The highest BCUT2D eigenvalue weighted by atomic mass is 32.1. The molecule has 1 saturated heterocycles. The molecule has 1 unspecified atom stereocenters. The van der Waals surface area contributed by atoms with E-state index in [2.05, 4.69) is 33.1 Å². The van der Waals surface area contributed by atoms with Gasteiger partial charge in [-0.3, -0.25) is 0 Å². The second kappa shape index (κ2) is 7.02. The zero-order chi connectivity index (χ0) is 16.2. The van der Waals surface area contributed by atoms with Crippen molar-refractivity contribution in [2.24, 2.45) is 0 Å². The molecule has 23 heavy (non-hydrogen) atoms. The summed E-state index contributed by atoms with van der Waals surface area (Å²) in [6, 6.07) is 2.34. The van der Waals surface area contributed by atoms with E-state index >= 15 is 0 Å². The van der Waals surface area contributed by atoms with Crippen molar-refractivity contribution in [3.05, 3.63) is 33.4 Å². The third-order valence-electron chi connectivity index (χ3n) is 4.03. The topological polar surface area (TPSA) is 74.9 Å². The van der Waals surface area contributed by atoms with Crippen LogP contribution in [0.2, 0.25) is 0 Å². The Morgan fingerprint density at radius 2 is 2.26 bits per heavy atom. The van der Waals surface area contributed by atoms with E-state index in [1.165, 1.54) is 0 Å². The SMILES string of the molecule is CCc1nnc(N2CCOC(c3nccs3)C2)c(C#N)c1CC. The molecule has 3 rings (SSSR count). The lowest BCUT2D eigenvalue weighted by Crippen LogP contribution is -2.39. The lowest BCUT2D eigenvalue weighted by molar-refractivity contribution is 0.0393. The molecule has 0 N–H and O–H groups in total. The Hall–Kier alpha value is -2.04. The number of ether oxygens (including phenoxy) is 1. The molecule has 0 aromatic carbocycles. The van der Waals surface area contributed by atoms with Crippen LogP contribution in [0.1, 0.15) is 41.8 Å². The summed E-state index contributed by atoms with van der Waals surface area (Å²) in [6.07, 6.45) is 3.28. The van der Waals surface area contributed by atoms with Crippen LogP contribution < -0.4 is 4.90 Å². The largest absolute Gasteiger partial charge is 0.367 e. The van der Waals surface area contributed by atoms with Gasteiger partial charge >= 0.3 is 0 Å². The molecule has 1 aliphatic rings. The fourth-order valence-electron chi connectivity index (χ4n) is 2.89. The first-order chi connectivity index (χ1) is 11.3. The highest BCUT2D eigenvalue weighted by molar-refractivity contribution is 7.09. The molecule has 3 heterocycles. The minimum atomic E-state index is -0.0759. The van der Waals surface area contributed by atoms with E-state index in [1.807, 2.05) is 12.3 Å². The van der Waals surface area contributed by atoms with Crippen LogP contribution in [0.5, 0.6) is 0 Å². The standard InChI is InChI=1S/C16H19N5OS/c1-3-11-12(9-17)15(20-19-13(11)4-2)21-6-7-22-14(10-21)16-18-5-8-23-16/h5,8,14H,3-4,6-7,10H2,1-2H3. The lowest BCUT2D eigenvalue weighted by atomic mass is 10.0. The van der Waals surface area contributed by atoms with Crippen molar-refractivity contribution in [1.29, 1.82) is 5.26 Å². The van der Waals surface area contributed by atoms with E-state index in [1.54, 1.807) is 17.5 Å². The third-order valence-corrected chi connectivity index (χ3v) is 4.90. The van der Waals surface area contributed by atoms with E-state index in [9.17, 15) is 5.26 Å². The maximum Gasteiger partial charge on any atom is 0.169 e. The minimum absolute atomic E-state index is 0.0759. The van der Waals surface area contributed by atoms with E-state index in [-0.39, 0.29) is 6.10 Å². The van der Waals surface area contributed by atoms with Crippen LogP contribution >= 0.6 is 11.3 Å². The number of nitrogens with zero attached hydrogens (tertiary/aromatic N) is 5. The number of hydrogen-bond donors (Lipinski definition) is 0. The Labute approximate surface area is 139 Å². The number of nitriles is 1. The number of anilines is 1. The second-order valence-corrected chi connectivity index (χ2v) is 6.24. The number of rotatable bonds is 4. The molecule has 1 aliphatic heterocycles. The number of morpholine rings is 1. The quantitative estimate of drug-likeness (QED) is 0.858. The first kappa shape index (κ1) is 15.8. The molecule has 0 aliphatic carbocycles. The molecular formula is C16H19N5OS. The normalized spacial score (nSPS) is 18.0. The first-order valence-electron chi connectivity index (χ1n) is 7.82. The molecule has 7 heteroatoms. The van der Waals surface area contributed by atoms with Crippen LogP contribution in [0.3, 0.4) is 0 Å². The van der Waals surface area contributed by atoms with Crippen LogP contribution in [0.4, 0.5) is 5.82 Å². The van der Waals surface area contributed by atoms with Crippen LogP contribution in [-0.4, -0.2) is 34.9 Å². The van der Waals surface area contributed by atoms with Crippen molar-refractivity contribution in [3.8, 4) is 6.07 Å². The maximum absolute atomic E-state index is 9.64. The predicted molar refractivity (Wildman–Crippen MR) is 88.5 cm³/mol. The maximum atomic E-state index is 9.64. The summed E-state index contributed by atoms with van der Waals surface area (Å²) in [5.41, 5.74) is 2.58. The average Bonchev–Trinajstić information content (AvgIpc) is 3.15. The van der Waals surface area contributed by atoms with Gasteiger partial charge in [-0.1, -0.05) is 13.8 Å². The summed E-state index contributed by atoms with van der Waals surface area (Å²) in [6.45, 7) is 6.04. The van der Waals surface area contributed by atoms with Crippen LogP contribution in [0.15, 0.2) is 11.6 Å². The van der Waals surface area contributed by atoms with Gasteiger partial charge in [0.05, 0.1) is 18.8 Å². The lowest BCUT2D eigenvalue weighted by Gasteiger charge is -2.33. The monoisotopic (exact) mass is 329 g/mol. The Morgan fingerprint density at radius 1 is 1.39 bits per heavy atom. The number of hydrogen-bond acceptors (Lipinski definition) is 7. The van der Waals surface area contributed by atoms with Gasteiger partial charge in [-0.25, -0.2) is 4.98 Å². The predicted octanol–water partition coefficient (Wildman–Crippen LogP) is 2.51. The molecule has 6 nitrogen and oxygen atoms in total. The summed E-state index contributed by atoms with van der Waals surface area (Å²) in [7, 11) is 0. The third kappa shape index (κ3) is 3.05. The van der Waals surface area contributed by atoms with E-state index in [4.69, 9.17) is 4.74 Å². The average molecular weight is 329 g/mol. The molecule has 2 aromatic rings. The molecule has 0 amide bonds. The second-order valence-electron chi connectivity index (χ2n) is 5.32. The highest BCUT2D eigenvalue weighted by Crippen LogP contribution is 2.29. The highest BCUT2D eigenvalue weighted by Gasteiger charge is 2.27. The van der Waals surface area contributed by atoms with Crippen LogP contribution in [-0.2, 0) is 17.6 Å². The smallest absolute Gasteiger partial charge is 0.169 e. The number of thiazole rings is 1. The van der Waals surface area contributed by atoms with Crippen LogP contribution in [0.25, 0.3) is 0 Å². The minimum Gasteiger partial charge on any atom is -0.367 e. The zero-order valence-electron chi connectivity index (χ0n) is 13.3. The Kier molecular flexibility index (Phi) is 4.84. The van der Waals surface area contributed by atoms with Gasteiger partial charge in [-0.05, 0) is 18.4 Å². The molecule has 1 fully saturated rings. The van der Waals surface area contributed by atoms with Crippen LogP contribution in [0, 0.1) is 11.3 Å². The van der Waals surface area contributed by atoms with E-state index < -0.39 is 0 Å². The Morgan fingerprint density at radius 3 is 2.91 bits per heavy atom.